The molecular weight excluding hydrogens is 214 g/mol. The predicted octanol–water partition coefficient (Wildman–Crippen LogP) is 2.06. The van der Waals surface area contributed by atoms with Crippen molar-refractivity contribution in [1.29, 1.82) is 0 Å². The second kappa shape index (κ2) is 3.81. The molecule has 1 heterocycles. The van der Waals surface area contributed by atoms with Crippen LogP contribution in [0.4, 0.5) is 0 Å². The first kappa shape index (κ1) is 12.0. The van der Waals surface area contributed by atoms with E-state index < -0.39 is 5.24 Å². The Balaban J connectivity index is 3.48. The zero-order chi connectivity index (χ0) is 11.8. The topological polar surface area (TPSA) is 39.1 Å². The maximum Gasteiger partial charge on any atom is 0.262 e. The Kier molecular flexibility index (Phi) is 3.05. The van der Waals surface area contributed by atoms with E-state index in [1.165, 1.54) is 10.6 Å². The molecule has 0 bridgehead atoms. The van der Waals surface area contributed by atoms with Gasteiger partial charge in [-0.3, -0.25) is 9.59 Å². The number of hydrogen-bond acceptors (Lipinski definition) is 2. The number of rotatable bonds is 1. The molecule has 0 spiro atoms. The Bertz CT molecular complexity index is 455. The Morgan fingerprint density at radius 3 is 2.27 bits per heavy atom. The van der Waals surface area contributed by atoms with Gasteiger partial charge in [0.05, 0.1) is 5.56 Å². The molecule has 1 aromatic heterocycles. The highest BCUT2D eigenvalue weighted by atomic mass is 35.5. The van der Waals surface area contributed by atoms with E-state index in [2.05, 4.69) is 0 Å². The Morgan fingerprint density at radius 1 is 1.33 bits per heavy atom. The van der Waals surface area contributed by atoms with Crippen molar-refractivity contribution >= 4 is 16.8 Å². The lowest BCUT2D eigenvalue weighted by Crippen LogP contribution is -2.30. The molecule has 4 heteroatoms. The van der Waals surface area contributed by atoms with Gasteiger partial charge < -0.3 is 4.57 Å². The first-order valence-corrected chi connectivity index (χ1v) is 5.03. The van der Waals surface area contributed by atoms with Gasteiger partial charge in [-0.1, -0.05) is 20.8 Å². The molecule has 0 amide bonds. The Morgan fingerprint density at radius 2 is 1.87 bits per heavy atom. The molecule has 82 valence electrons. The van der Waals surface area contributed by atoms with E-state index in [1.54, 1.807) is 13.1 Å². The number of carbonyl (C=O) groups excluding carboxylic acids is 1. The third kappa shape index (κ3) is 2.29. The molecule has 0 fully saturated rings. The van der Waals surface area contributed by atoms with Crippen molar-refractivity contribution in [3.05, 3.63) is 33.7 Å². The summed E-state index contributed by atoms with van der Waals surface area (Å²) in [4.78, 5) is 22.7. The number of carbonyl (C=O) groups is 1. The van der Waals surface area contributed by atoms with Crippen LogP contribution in [-0.4, -0.2) is 9.81 Å². The smallest absolute Gasteiger partial charge is 0.262 e. The van der Waals surface area contributed by atoms with Crippen molar-refractivity contribution in [2.75, 3.05) is 0 Å². The summed E-state index contributed by atoms with van der Waals surface area (Å²) in [6.45, 7) is 6.01. The standard InChI is InChI=1S/C11H14ClNO2/c1-11(2,3)8-6-5-7(9(12)14)10(15)13(8)4/h5-6H,1-4H3. The summed E-state index contributed by atoms with van der Waals surface area (Å²) < 4.78 is 1.47. The second-order valence-corrected chi connectivity index (χ2v) is 4.86. The molecule has 0 aliphatic carbocycles. The molecule has 15 heavy (non-hydrogen) atoms. The van der Waals surface area contributed by atoms with Gasteiger partial charge in [0, 0.05) is 18.2 Å². The fourth-order valence-corrected chi connectivity index (χ4v) is 1.68. The normalized spacial score (nSPS) is 11.5. The SMILES string of the molecule is Cn1c(C(C)(C)C)ccc(C(=O)Cl)c1=O. The molecule has 0 aromatic carbocycles. The first-order valence-electron chi connectivity index (χ1n) is 4.65. The highest BCUT2D eigenvalue weighted by molar-refractivity contribution is 6.67. The molecule has 0 aliphatic rings. The van der Waals surface area contributed by atoms with Crippen molar-refractivity contribution < 1.29 is 4.79 Å². The number of halogens is 1. The summed E-state index contributed by atoms with van der Waals surface area (Å²) in [7, 11) is 1.65. The molecule has 0 N–H and O–H groups in total. The van der Waals surface area contributed by atoms with Crippen LogP contribution in [0.15, 0.2) is 16.9 Å². The maximum atomic E-state index is 11.7. The van der Waals surface area contributed by atoms with Crippen molar-refractivity contribution in [3.63, 3.8) is 0 Å². The minimum Gasteiger partial charge on any atom is -0.315 e. The average molecular weight is 228 g/mol. The first-order chi connectivity index (χ1) is 6.75. The van der Waals surface area contributed by atoms with Gasteiger partial charge in [-0.05, 0) is 23.7 Å². The van der Waals surface area contributed by atoms with Gasteiger partial charge in [0.2, 0.25) is 0 Å². The van der Waals surface area contributed by atoms with Crippen LogP contribution in [0.3, 0.4) is 0 Å². The lowest BCUT2D eigenvalue weighted by molar-refractivity contribution is 0.107. The van der Waals surface area contributed by atoms with Crippen LogP contribution >= 0.6 is 11.6 Å². The highest BCUT2D eigenvalue weighted by Crippen LogP contribution is 2.20. The average Bonchev–Trinajstić information content (AvgIpc) is 2.06. The molecule has 0 aliphatic heterocycles. The van der Waals surface area contributed by atoms with Crippen LogP contribution in [0, 0.1) is 0 Å². The van der Waals surface area contributed by atoms with Gasteiger partial charge in [-0.15, -0.1) is 0 Å². The number of pyridine rings is 1. The van der Waals surface area contributed by atoms with Crippen molar-refractivity contribution in [2.45, 2.75) is 26.2 Å². The van der Waals surface area contributed by atoms with E-state index in [0.29, 0.717) is 0 Å². The minimum atomic E-state index is -0.712. The van der Waals surface area contributed by atoms with Gasteiger partial charge in [-0.25, -0.2) is 0 Å². The molecule has 1 aromatic rings. The van der Waals surface area contributed by atoms with Gasteiger partial charge >= 0.3 is 0 Å². The van der Waals surface area contributed by atoms with Crippen LogP contribution in [0.2, 0.25) is 0 Å². The van der Waals surface area contributed by atoms with Crippen LogP contribution in [0.5, 0.6) is 0 Å². The third-order valence-electron chi connectivity index (χ3n) is 2.28. The van der Waals surface area contributed by atoms with Crippen LogP contribution < -0.4 is 5.56 Å². The summed E-state index contributed by atoms with van der Waals surface area (Å²) in [6.07, 6.45) is 0. The summed E-state index contributed by atoms with van der Waals surface area (Å²) >= 11 is 5.29. The molecule has 0 unspecified atom stereocenters. The molecular formula is C11H14ClNO2. The van der Waals surface area contributed by atoms with Crippen molar-refractivity contribution in [2.24, 2.45) is 7.05 Å². The summed E-state index contributed by atoms with van der Waals surface area (Å²) in [5.41, 5.74) is 0.408. The summed E-state index contributed by atoms with van der Waals surface area (Å²) in [5.74, 6) is 0. The summed E-state index contributed by atoms with van der Waals surface area (Å²) in [6, 6.07) is 3.25. The van der Waals surface area contributed by atoms with Crippen LogP contribution in [0.25, 0.3) is 0 Å². The zero-order valence-corrected chi connectivity index (χ0v) is 10.1. The zero-order valence-electron chi connectivity index (χ0n) is 9.30. The van der Waals surface area contributed by atoms with E-state index in [0.717, 1.165) is 5.69 Å². The van der Waals surface area contributed by atoms with E-state index in [-0.39, 0.29) is 16.5 Å². The van der Waals surface area contributed by atoms with Gasteiger partial charge in [0.15, 0.2) is 0 Å². The van der Waals surface area contributed by atoms with Gasteiger partial charge in [0.1, 0.15) is 0 Å². The van der Waals surface area contributed by atoms with Gasteiger partial charge in [0.25, 0.3) is 10.8 Å². The number of aromatic nitrogens is 1. The van der Waals surface area contributed by atoms with Crippen molar-refractivity contribution in [1.82, 2.24) is 4.57 Å². The predicted molar refractivity (Wildman–Crippen MR) is 60.6 cm³/mol. The van der Waals surface area contributed by atoms with Crippen LogP contribution in [0.1, 0.15) is 36.8 Å². The molecule has 0 saturated carbocycles. The Labute approximate surface area is 93.7 Å². The summed E-state index contributed by atoms with van der Waals surface area (Å²) in [5, 5.41) is -0.712. The maximum absolute atomic E-state index is 11.7. The second-order valence-electron chi connectivity index (χ2n) is 4.52. The van der Waals surface area contributed by atoms with Crippen molar-refractivity contribution in [3.8, 4) is 0 Å². The van der Waals surface area contributed by atoms with E-state index in [9.17, 15) is 9.59 Å². The van der Waals surface area contributed by atoms with E-state index >= 15 is 0 Å². The molecule has 3 nitrogen and oxygen atoms in total. The molecule has 0 radical (unpaired) electrons. The largest absolute Gasteiger partial charge is 0.315 e. The monoisotopic (exact) mass is 227 g/mol. The number of nitrogens with zero attached hydrogens (tertiary/aromatic N) is 1. The number of hydrogen-bond donors (Lipinski definition) is 0. The molecule has 0 saturated heterocycles. The minimum absolute atomic E-state index is 0.0205. The van der Waals surface area contributed by atoms with Crippen LogP contribution in [-0.2, 0) is 12.5 Å². The third-order valence-corrected chi connectivity index (χ3v) is 2.49. The van der Waals surface area contributed by atoms with Gasteiger partial charge in [-0.2, -0.15) is 0 Å². The Hall–Kier alpha value is -1.09. The highest BCUT2D eigenvalue weighted by Gasteiger charge is 2.19. The molecule has 1 rings (SSSR count). The fourth-order valence-electron chi connectivity index (χ4n) is 1.54. The van der Waals surface area contributed by atoms with E-state index in [1.807, 2.05) is 20.8 Å². The lowest BCUT2D eigenvalue weighted by atomic mass is 9.91. The quantitative estimate of drug-likeness (QED) is 0.689. The molecule has 0 atom stereocenters. The lowest BCUT2D eigenvalue weighted by Gasteiger charge is -2.22. The van der Waals surface area contributed by atoms with E-state index in [4.69, 9.17) is 11.6 Å². The fraction of sp³-hybridized carbons (Fsp3) is 0.455.